The number of rotatable bonds is 3. The van der Waals surface area contributed by atoms with Crippen LogP contribution in [0.15, 0.2) is 46.9 Å². The highest BCUT2D eigenvalue weighted by Crippen LogP contribution is 2.31. The van der Waals surface area contributed by atoms with E-state index >= 15 is 0 Å². The van der Waals surface area contributed by atoms with Crippen molar-refractivity contribution in [1.82, 2.24) is 0 Å². The predicted molar refractivity (Wildman–Crippen MR) is 94.0 cm³/mol. The zero-order chi connectivity index (χ0) is 15.5. The van der Waals surface area contributed by atoms with Gasteiger partial charge in [0.2, 0.25) is 5.91 Å². The van der Waals surface area contributed by atoms with E-state index in [4.69, 9.17) is 5.73 Å². The molecule has 2 N–H and O–H groups in total. The van der Waals surface area contributed by atoms with Gasteiger partial charge in [-0.3, -0.25) is 4.79 Å². The van der Waals surface area contributed by atoms with Crippen LogP contribution in [0.5, 0.6) is 0 Å². The average molecular weight is 359 g/mol. The Hall–Kier alpha value is -1.81. The van der Waals surface area contributed by atoms with E-state index in [2.05, 4.69) is 28.1 Å². The minimum absolute atomic E-state index is 0.175. The van der Waals surface area contributed by atoms with Crippen LogP contribution in [0, 0.1) is 0 Å². The molecule has 0 aromatic heterocycles. The molecule has 0 unspecified atom stereocenters. The lowest BCUT2D eigenvalue weighted by molar-refractivity contribution is -0.118. The lowest BCUT2D eigenvalue weighted by Crippen LogP contribution is -2.35. The highest BCUT2D eigenvalue weighted by atomic mass is 79.9. The van der Waals surface area contributed by atoms with Gasteiger partial charge in [0.05, 0.1) is 0 Å². The molecule has 2 aromatic carbocycles. The number of hydrogen-bond acceptors (Lipinski definition) is 2. The Bertz CT molecular complexity index is 682. The quantitative estimate of drug-likeness (QED) is 0.844. The standard InChI is InChI=1S/C18H19BrN2O/c19-14-9-6-13(7-10-14)8-11-18(22)21-12-2-3-15-16(20)4-1-5-17(15)21/h1,4-7,9-10H,2-3,8,11-12,20H2. The van der Waals surface area contributed by atoms with Crippen LogP contribution in [0.25, 0.3) is 0 Å². The molecule has 1 aliphatic heterocycles. The van der Waals surface area contributed by atoms with E-state index in [0.717, 1.165) is 47.2 Å². The Kier molecular flexibility index (Phi) is 4.48. The van der Waals surface area contributed by atoms with Gasteiger partial charge in [-0.05, 0) is 54.7 Å². The number of carbonyl (C=O) groups excluding carboxylic acids is 1. The maximum atomic E-state index is 12.6. The minimum atomic E-state index is 0.175. The first kappa shape index (κ1) is 15.1. The highest BCUT2D eigenvalue weighted by Gasteiger charge is 2.23. The number of nitrogens with zero attached hydrogens (tertiary/aromatic N) is 1. The molecule has 114 valence electrons. The zero-order valence-corrected chi connectivity index (χ0v) is 14.0. The van der Waals surface area contributed by atoms with Gasteiger partial charge in [0.25, 0.3) is 0 Å². The maximum Gasteiger partial charge on any atom is 0.227 e. The molecule has 0 radical (unpaired) electrons. The summed E-state index contributed by atoms with van der Waals surface area (Å²) in [5, 5.41) is 0. The second-order valence-electron chi connectivity index (χ2n) is 5.62. The molecule has 0 bridgehead atoms. The van der Waals surface area contributed by atoms with E-state index in [1.54, 1.807) is 0 Å². The lowest BCUT2D eigenvalue weighted by atomic mass is 9.99. The Labute approximate surface area is 139 Å². The van der Waals surface area contributed by atoms with Gasteiger partial charge in [-0.25, -0.2) is 0 Å². The first-order valence-electron chi connectivity index (χ1n) is 7.57. The summed E-state index contributed by atoms with van der Waals surface area (Å²) in [4.78, 5) is 14.5. The van der Waals surface area contributed by atoms with Crippen molar-refractivity contribution >= 4 is 33.2 Å². The summed E-state index contributed by atoms with van der Waals surface area (Å²) in [6.45, 7) is 0.787. The Morgan fingerprint density at radius 3 is 2.73 bits per heavy atom. The number of amides is 1. The highest BCUT2D eigenvalue weighted by molar-refractivity contribution is 9.10. The molecular formula is C18H19BrN2O. The molecule has 3 nitrogen and oxygen atoms in total. The van der Waals surface area contributed by atoms with Crippen molar-refractivity contribution in [2.75, 3.05) is 17.2 Å². The minimum Gasteiger partial charge on any atom is -0.398 e. The van der Waals surface area contributed by atoms with E-state index in [-0.39, 0.29) is 5.91 Å². The molecule has 0 fully saturated rings. The van der Waals surface area contributed by atoms with Crippen molar-refractivity contribution in [1.29, 1.82) is 0 Å². The number of anilines is 2. The fourth-order valence-corrected chi connectivity index (χ4v) is 3.21. The van der Waals surface area contributed by atoms with Crippen LogP contribution in [0.3, 0.4) is 0 Å². The molecule has 3 rings (SSSR count). The van der Waals surface area contributed by atoms with E-state index in [1.165, 1.54) is 5.56 Å². The fourth-order valence-electron chi connectivity index (χ4n) is 2.95. The molecule has 1 heterocycles. The molecule has 1 amide bonds. The molecule has 0 saturated heterocycles. The lowest BCUT2D eigenvalue weighted by Gasteiger charge is -2.30. The van der Waals surface area contributed by atoms with Gasteiger partial charge in [-0.15, -0.1) is 0 Å². The van der Waals surface area contributed by atoms with Crippen molar-refractivity contribution in [2.24, 2.45) is 0 Å². The third-order valence-electron chi connectivity index (χ3n) is 4.13. The van der Waals surface area contributed by atoms with Crippen LogP contribution in [0.1, 0.15) is 24.0 Å². The molecule has 4 heteroatoms. The third kappa shape index (κ3) is 3.17. The molecule has 0 spiro atoms. The van der Waals surface area contributed by atoms with Crippen molar-refractivity contribution in [2.45, 2.75) is 25.7 Å². The monoisotopic (exact) mass is 358 g/mol. The summed E-state index contributed by atoms with van der Waals surface area (Å²) in [7, 11) is 0. The summed E-state index contributed by atoms with van der Waals surface area (Å²) in [6.07, 6.45) is 3.22. The number of aryl methyl sites for hydroxylation is 1. The van der Waals surface area contributed by atoms with Crippen LogP contribution < -0.4 is 10.6 Å². The second kappa shape index (κ2) is 6.53. The second-order valence-corrected chi connectivity index (χ2v) is 6.54. The molecule has 22 heavy (non-hydrogen) atoms. The first-order chi connectivity index (χ1) is 10.6. The number of hydrogen-bond donors (Lipinski definition) is 1. The van der Waals surface area contributed by atoms with E-state index < -0.39 is 0 Å². The van der Waals surface area contributed by atoms with Crippen molar-refractivity contribution in [3.63, 3.8) is 0 Å². The molecule has 0 aliphatic carbocycles. The number of halogens is 1. The Morgan fingerprint density at radius 2 is 1.95 bits per heavy atom. The van der Waals surface area contributed by atoms with Gasteiger partial charge < -0.3 is 10.6 Å². The number of benzene rings is 2. The average Bonchev–Trinajstić information content (AvgIpc) is 2.54. The molecule has 1 aliphatic rings. The molecule has 0 saturated carbocycles. The zero-order valence-electron chi connectivity index (χ0n) is 12.4. The molecular weight excluding hydrogens is 340 g/mol. The largest absolute Gasteiger partial charge is 0.398 e. The fraction of sp³-hybridized carbons (Fsp3) is 0.278. The normalized spacial score (nSPS) is 13.8. The van der Waals surface area contributed by atoms with Crippen molar-refractivity contribution in [3.8, 4) is 0 Å². The smallest absolute Gasteiger partial charge is 0.227 e. The number of nitrogens with two attached hydrogens (primary N) is 1. The van der Waals surface area contributed by atoms with Crippen molar-refractivity contribution in [3.05, 3.63) is 58.1 Å². The van der Waals surface area contributed by atoms with Gasteiger partial charge in [0, 0.05) is 28.8 Å². The van der Waals surface area contributed by atoms with Gasteiger partial charge in [0.1, 0.15) is 0 Å². The molecule has 2 aromatic rings. The van der Waals surface area contributed by atoms with Crippen LogP contribution in [0.2, 0.25) is 0 Å². The summed E-state index contributed by atoms with van der Waals surface area (Å²) >= 11 is 3.43. The summed E-state index contributed by atoms with van der Waals surface area (Å²) in [5.41, 5.74) is 10.1. The van der Waals surface area contributed by atoms with Gasteiger partial charge >= 0.3 is 0 Å². The van der Waals surface area contributed by atoms with Crippen LogP contribution in [0.4, 0.5) is 11.4 Å². The number of nitrogen functional groups attached to an aromatic ring is 1. The van der Waals surface area contributed by atoms with Crippen LogP contribution in [-0.4, -0.2) is 12.5 Å². The third-order valence-corrected chi connectivity index (χ3v) is 4.66. The predicted octanol–water partition coefficient (Wildman–Crippen LogP) is 3.94. The summed E-state index contributed by atoms with van der Waals surface area (Å²) in [6, 6.07) is 14.0. The topological polar surface area (TPSA) is 46.3 Å². The van der Waals surface area contributed by atoms with Crippen molar-refractivity contribution < 1.29 is 4.79 Å². The number of carbonyl (C=O) groups is 1. The summed E-state index contributed by atoms with van der Waals surface area (Å²) in [5.74, 6) is 0.175. The number of fused-ring (bicyclic) bond motifs is 1. The Balaban J connectivity index is 1.71. The van der Waals surface area contributed by atoms with Crippen LogP contribution >= 0.6 is 15.9 Å². The van der Waals surface area contributed by atoms with Crippen LogP contribution in [-0.2, 0) is 17.6 Å². The van der Waals surface area contributed by atoms with Gasteiger partial charge in [-0.1, -0.05) is 34.1 Å². The van der Waals surface area contributed by atoms with E-state index in [1.807, 2.05) is 35.2 Å². The van der Waals surface area contributed by atoms with E-state index in [9.17, 15) is 4.79 Å². The summed E-state index contributed by atoms with van der Waals surface area (Å²) < 4.78 is 1.06. The first-order valence-corrected chi connectivity index (χ1v) is 8.36. The SMILES string of the molecule is Nc1cccc2c1CCCN2C(=O)CCc1ccc(Br)cc1. The van der Waals surface area contributed by atoms with Gasteiger partial charge in [-0.2, -0.15) is 0 Å². The Morgan fingerprint density at radius 1 is 1.18 bits per heavy atom. The van der Waals surface area contributed by atoms with E-state index in [0.29, 0.717) is 6.42 Å². The van der Waals surface area contributed by atoms with Gasteiger partial charge in [0.15, 0.2) is 0 Å². The molecule has 0 atom stereocenters. The maximum absolute atomic E-state index is 12.6.